The number of aromatic nitrogens is 1. The van der Waals surface area contributed by atoms with E-state index in [0.717, 1.165) is 23.5 Å². The summed E-state index contributed by atoms with van der Waals surface area (Å²) in [5.41, 5.74) is 12.8. The molecule has 1 aliphatic rings. The van der Waals surface area contributed by atoms with Gasteiger partial charge in [-0.25, -0.2) is 0 Å². The van der Waals surface area contributed by atoms with Crippen LogP contribution in [0.5, 0.6) is 0 Å². The lowest BCUT2D eigenvalue weighted by Gasteiger charge is -2.28. The fraction of sp³-hybridized carbons (Fsp3) is 0.464. The molecule has 0 saturated heterocycles. The first-order valence-corrected chi connectivity index (χ1v) is 11.5. The number of hydrogen-bond acceptors (Lipinski definition) is 3. The average molecular weight is 416 g/mol. The van der Waals surface area contributed by atoms with Gasteiger partial charge in [0.25, 0.3) is 0 Å². The topological polar surface area (TPSA) is 50.9 Å². The molecule has 0 bridgehead atoms. The van der Waals surface area contributed by atoms with E-state index in [4.69, 9.17) is 5.73 Å². The Kier molecular flexibility index (Phi) is 7.57. The van der Waals surface area contributed by atoms with E-state index in [2.05, 4.69) is 80.7 Å². The van der Waals surface area contributed by atoms with Crippen LogP contribution in [-0.2, 0) is 6.42 Å². The average Bonchev–Trinajstić information content (AvgIpc) is 3.03. The molecule has 164 valence electrons. The largest absolute Gasteiger partial charge is 0.401 e. The summed E-state index contributed by atoms with van der Waals surface area (Å²) in [5.74, 6) is 8.07. The van der Waals surface area contributed by atoms with Gasteiger partial charge in [0, 0.05) is 41.3 Å². The van der Waals surface area contributed by atoms with Gasteiger partial charge in [-0.2, -0.15) is 0 Å². The fourth-order valence-corrected chi connectivity index (χ4v) is 4.95. The van der Waals surface area contributed by atoms with Gasteiger partial charge < -0.3 is 11.1 Å². The van der Waals surface area contributed by atoms with E-state index < -0.39 is 0 Å². The van der Waals surface area contributed by atoms with E-state index in [1.54, 1.807) is 0 Å². The Labute approximate surface area is 188 Å². The summed E-state index contributed by atoms with van der Waals surface area (Å²) in [6.45, 7) is 14.9. The van der Waals surface area contributed by atoms with E-state index in [1.807, 2.05) is 19.3 Å². The van der Waals surface area contributed by atoms with Gasteiger partial charge in [0.05, 0.1) is 0 Å². The van der Waals surface area contributed by atoms with Crippen molar-refractivity contribution < 1.29 is 0 Å². The molecule has 3 N–H and O–H groups in total. The molecule has 4 unspecified atom stereocenters. The Hall–Kier alpha value is -2.57. The highest BCUT2D eigenvalue weighted by atomic mass is 15.0. The maximum atomic E-state index is 6.03. The molecule has 3 nitrogen and oxygen atoms in total. The van der Waals surface area contributed by atoms with Crippen molar-refractivity contribution in [2.45, 2.75) is 66.0 Å². The Morgan fingerprint density at radius 3 is 2.65 bits per heavy atom. The van der Waals surface area contributed by atoms with Gasteiger partial charge >= 0.3 is 0 Å². The van der Waals surface area contributed by atoms with Crippen molar-refractivity contribution >= 4 is 0 Å². The molecule has 1 aliphatic carbocycles. The third-order valence-corrected chi connectivity index (χ3v) is 6.34. The summed E-state index contributed by atoms with van der Waals surface area (Å²) >= 11 is 0. The zero-order chi connectivity index (χ0) is 22.5. The van der Waals surface area contributed by atoms with Gasteiger partial charge in [0.15, 0.2) is 0 Å². The lowest BCUT2D eigenvalue weighted by molar-refractivity contribution is 0.285. The molecule has 3 heteroatoms. The molecule has 3 rings (SSSR count). The van der Waals surface area contributed by atoms with Crippen molar-refractivity contribution in [2.75, 3.05) is 0 Å². The summed E-state index contributed by atoms with van der Waals surface area (Å²) in [6, 6.07) is 9.34. The number of rotatable bonds is 8. The Bertz CT molecular complexity index is 979. The number of nitrogens with zero attached hydrogens (tertiary/aromatic N) is 1. The van der Waals surface area contributed by atoms with Crippen LogP contribution in [0.4, 0.5) is 0 Å². The normalized spacial score (nSPS) is 19.4. The van der Waals surface area contributed by atoms with Crippen molar-refractivity contribution in [1.82, 2.24) is 10.3 Å². The molecule has 0 radical (unpaired) electrons. The molecule has 0 amide bonds. The zero-order valence-corrected chi connectivity index (χ0v) is 19.7. The van der Waals surface area contributed by atoms with Crippen molar-refractivity contribution in [1.29, 1.82) is 0 Å². The van der Waals surface area contributed by atoms with Crippen LogP contribution in [0.15, 0.2) is 48.9 Å². The van der Waals surface area contributed by atoms with Crippen LogP contribution in [0.1, 0.15) is 70.2 Å². The fourth-order valence-electron chi connectivity index (χ4n) is 4.95. The molecule has 0 aliphatic heterocycles. The molecular formula is C28H37N3. The van der Waals surface area contributed by atoms with E-state index in [0.29, 0.717) is 17.5 Å². The quantitative estimate of drug-likeness (QED) is 0.531. The minimum Gasteiger partial charge on any atom is -0.401 e. The van der Waals surface area contributed by atoms with Crippen LogP contribution in [-0.4, -0.2) is 11.0 Å². The van der Waals surface area contributed by atoms with Crippen LogP contribution in [0.2, 0.25) is 0 Å². The monoisotopic (exact) mass is 415 g/mol. The number of nitrogens with two attached hydrogens (primary N) is 1. The third kappa shape index (κ3) is 5.77. The second kappa shape index (κ2) is 10.2. The van der Waals surface area contributed by atoms with Crippen LogP contribution < -0.4 is 11.1 Å². The van der Waals surface area contributed by atoms with Crippen molar-refractivity contribution in [3.05, 3.63) is 65.6 Å². The SMILES string of the molecule is C=C(N)C(C)NC1c2cc(-c3cncc(C#CC)c3)ccc2CC1CC(C)CC(C)C. The minimum absolute atomic E-state index is 0.0762. The van der Waals surface area contributed by atoms with Crippen molar-refractivity contribution in [2.24, 2.45) is 23.5 Å². The maximum absolute atomic E-state index is 6.03. The predicted octanol–water partition coefficient (Wildman–Crippen LogP) is 5.86. The molecule has 0 spiro atoms. The van der Waals surface area contributed by atoms with Crippen LogP contribution in [0.3, 0.4) is 0 Å². The summed E-state index contributed by atoms with van der Waals surface area (Å²) in [5, 5.41) is 3.79. The number of hydrogen-bond donors (Lipinski definition) is 2. The predicted molar refractivity (Wildman–Crippen MR) is 131 cm³/mol. The van der Waals surface area contributed by atoms with Gasteiger partial charge in [0.1, 0.15) is 0 Å². The Morgan fingerprint density at radius 2 is 1.97 bits per heavy atom. The molecule has 0 fully saturated rings. The standard InChI is InChI=1S/C28H37N3/c1-7-8-22-13-26(17-30-16-22)23-9-10-24-14-25(12-19(4)11-18(2)3)28(27(24)15-23)31-21(6)20(5)29/h9-10,13,15-19,21,25,28,31H,5,11-12,14,29H2,1-4,6H3. The highest BCUT2D eigenvalue weighted by Crippen LogP contribution is 2.42. The number of fused-ring (bicyclic) bond motifs is 1. The molecule has 2 aromatic rings. The molecule has 0 saturated carbocycles. The van der Waals surface area contributed by atoms with E-state index in [-0.39, 0.29) is 12.1 Å². The Morgan fingerprint density at radius 1 is 1.19 bits per heavy atom. The lowest BCUT2D eigenvalue weighted by atomic mass is 9.85. The smallest absolute Gasteiger partial charge is 0.0437 e. The van der Waals surface area contributed by atoms with E-state index in [1.165, 1.54) is 29.5 Å². The molecule has 4 atom stereocenters. The van der Waals surface area contributed by atoms with Crippen LogP contribution in [0.25, 0.3) is 11.1 Å². The summed E-state index contributed by atoms with van der Waals surface area (Å²) < 4.78 is 0. The van der Waals surface area contributed by atoms with E-state index >= 15 is 0 Å². The first kappa shape index (κ1) is 23.1. The van der Waals surface area contributed by atoms with Crippen molar-refractivity contribution in [3.8, 4) is 23.0 Å². The van der Waals surface area contributed by atoms with Gasteiger partial charge in [-0.1, -0.05) is 45.4 Å². The maximum Gasteiger partial charge on any atom is 0.0437 e. The number of benzene rings is 1. The second-order valence-corrected chi connectivity index (χ2v) is 9.63. The molecule has 1 aromatic carbocycles. The first-order chi connectivity index (χ1) is 14.8. The summed E-state index contributed by atoms with van der Waals surface area (Å²) in [6.07, 6.45) is 7.33. The van der Waals surface area contributed by atoms with Crippen molar-refractivity contribution in [3.63, 3.8) is 0 Å². The highest BCUT2D eigenvalue weighted by molar-refractivity contribution is 5.66. The molecule has 31 heavy (non-hydrogen) atoms. The molecule has 1 heterocycles. The first-order valence-electron chi connectivity index (χ1n) is 11.5. The number of nitrogens with one attached hydrogen (secondary N) is 1. The highest BCUT2D eigenvalue weighted by Gasteiger charge is 2.34. The van der Waals surface area contributed by atoms with Gasteiger partial charge in [-0.3, -0.25) is 4.98 Å². The summed E-state index contributed by atoms with van der Waals surface area (Å²) in [7, 11) is 0. The lowest BCUT2D eigenvalue weighted by Crippen LogP contribution is -2.36. The third-order valence-electron chi connectivity index (χ3n) is 6.34. The van der Waals surface area contributed by atoms with E-state index in [9.17, 15) is 0 Å². The minimum atomic E-state index is 0.0762. The Balaban J connectivity index is 1.93. The van der Waals surface area contributed by atoms with Crippen LogP contribution in [0, 0.1) is 29.6 Å². The molecular weight excluding hydrogens is 378 g/mol. The van der Waals surface area contributed by atoms with Gasteiger partial charge in [-0.05, 0) is 79.7 Å². The van der Waals surface area contributed by atoms with Gasteiger partial charge in [-0.15, -0.1) is 5.92 Å². The molecule has 1 aromatic heterocycles. The zero-order valence-electron chi connectivity index (χ0n) is 19.7. The second-order valence-electron chi connectivity index (χ2n) is 9.63. The van der Waals surface area contributed by atoms with Crippen LogP contribution >= 0.6 is 0 Å². The van der Waals surface area contributed by atoms with Gasteiger partial charge in [0.2, 0.25) is 0 Å². The summed E-state index contributed by atoms with van der Waals surface area (Å²) in [4.78, 5) is 4.40. The number of pyridine rings is 1.